The summed E-state index contributed by atoms with van der Waals surface area (Å²) >= 11 is 0. The summed E-state index contributed by atoms with van der Waals surface area (Å²) in [5.74, 6) is 4.68. The van der Waals surface area contributed by atoms with Crippen molar-refractivity contribution in [3.63, 3.8) is 0 Å². The molecule has 0 aliphatic heterocycles. The first kappa shape index (κ1) is 7.70. The van der Waals surface area contributed by atoms with Gasteiger partial charge in [0.2, 0.25) is 5.96 Å². The summed E-state index contributed by atoms with van der Waals surface area (Å²) in [5, 5.41) is 17.0. The molecule has 52 valence electrons. The zero-order valence-electron chi connectivity index (χ0n) is 5.03. The Balaban J connectivity index is 3.84. The number of rotatable bonds is 1. The first-order chi connectivity index (χ1) is 4.22. The highest BCUT2D eigenvalue weighted by Gasteiger charge is 1.89. The van der Waals surface area contributed by atoms with Crippen LogP contribution in [0.25, 0.3) is 0 Å². The maximum atomic E-state index is 10.3. The van der Waals surface area contributed by atoms with E-state index in [0.29, 0.717) is 5.06 Å². The number of guanidine groups is 1. The summed E-state index contributed by atoms with van der Waals surface area (Å²) in [6, 6.07) is 0. The number of nitrogens with two attached hydrogens (primary N) is 1. The Morgan fingerprint density at radius 2 is 2.44 bits per heavy atom. The average molecular weight is 130 g/mol. The summed E-state index contributed by atoms with van der Waals surface area (Å²) in [5.41, 5.74) is 2.18. The average Bonchev–Trinajstić information content (AvgIpc) is 1.82. The molecule has 0 heterocycles. The van der Waals surface area contributed by atoms with Gasteiger partial charge in [-0.05, 0) is 7.05 Å². The van der Waals surface area contributed by atoms with Crippen LogP contribution >= 0.6 is 0 Å². The van der Waals surface area contributed by atoms with Crippen molar-refractivity contribution in [3.05, 3.63) is 5.21 Å². The molecule has 0 aliphatic carbocycles. The van der Waals surface area contributed by atoms with Crippen molar-refractivity contribution in [1.82, 2.24) is 10.5 Å². The van der Waals surface area contributed by atoms with E-state index in [4.69, 9.17) is 5.84 Å². The molecule has 0 aromatic heterocycles. The van der Waals surface area contributed by atoms with Crippen LogP contribution in [0.2, 0.25) is 0 Å². The number of nitrogens with one attached hydrogen (secondary N) is 1. The lowest BCUT2D eigenvalue weighted by molar-refractivity contribution is 0.647. The molecule has 0 fully saturated rings. The van der Waals surface area contributed by atoms with Gasteiger partial charge in [-0.25, -0.2) is 5.43 Å². The van der Waals surface area contributed by atoms with E-state index in [1.165, 1.54) is 7.05 Å². The molecule has 6 heteroatoms. The predicted octanol–water partition coefficient (Wildman–Crippen LogP) is -1.15. The topological polar surface area (TPSA) is 89.1 Å². The van der Waals surface area contributed by atoms with E-state index in [1.807, 2.05) is 0 Å². The number of hydrazone groups is 2. The fourth-order valence-corrected chi connectivity index (χ4v) is 0.251. The standard InChI is InChI=1S/C3H8N5O/c1-5-7-3(6-4)8(2)9/h1,4H2,2H3,(H,6,7)/q-1. The summed E-state index contributed by atoms with van der Waals surface area (Å²) in [7, 11) is 1.24. The van der Waals surface area contributed by atoms with E-state index >= 15 is 0 Å². The highest BCUT2D eigenvalue weighted by atomic mass is 16.5. The summed E-state index contributed by atoms with van der Waals surface area (Å²) in [6.45, 7) is 3.07. The van der Waals surface area contributed by atoms with Gasteiger partial charge in [0.15, 0.2) is 0 Å². The second kappa shape index (κ2) is 3.67. The lowest BCUT2D eigenvalue weighted by Crippen LogP contribution is -2.32. The smallest absolute Gasteiger partial charge is 0.225 e. The first-order valence-corrected chi connectivity index (χ1v) is 2.13. The molecule has 6 nitrogen and oxygen atoms in total. The van der Waals surface area contributed by atoms with Crippen molar-refractivity contribution in [1.29, 1.82) is 0 Å². The van der Waals surface area contributed by atoms with Gasteiger partial charge in [-0.15, -0.1) is 5.10 Å². The van der Waals surface area contributed by atoms with Gasteiger partial charge < -0.3 is 16.1 Å². The zero-order chi connectivity index (χ0) is 7.28. The zero-order valence-corrected chi connectivity index (χ0v) is 5.03. The molecule has 0 aliphatic rings. The first-order valence-electron chi connectivity index (χ1n) is 2.13. The van der Waals surface area contributed by atoms with Crippen LogP contribution in [-0.2, 0) is 0 Å². The van der Waals surface area contributed by atoms with Crippen LogP contribution in [0, 0.1) is 5.21 Å². The molecule has 0 bridgehead atoms. The Hall–Kier alpha value is -1.30. The maximum absolute atomic E-state index is 10.3. The minimum atomic E-state index is -0.0787. The third-order valence-corrected chi connectivity index (χ3v) is 0.600. The molecule has 0 radical (unpaired) electrons. The van der Waals surface area contributed by atoms with E-state index < -0.39 is 0 Å². The van der Waals surface area contributed by atoms with E-state index in [9.17, 15) is 5.21 Å². The Morgan fingerprint density at radius 1 is 1.89 bits per heavy atom. The maximum Gasteiger partial charge on any atom is 0.225 e. The monoisotopic (exact) mass is 130 g/mol. The van der Waals surface area contributed by atoms with Crippen molar-refractivity contribution in [2.75, 3.05) is 7.05 Å². The Kier molecular flexibility index (Phi) is 3.14. The molecule has 0 amide bonds. The molecule has 0 spiro atoms. The number of nitrogens with zero attached hydrogens (tertiary/aromatic N) is 3. The predicted molar refractivity (Wildman–Crippen MR) is 35.4 cm³/mol. The van der Waals surface area contributed by atoms with Crippen LogP contribution in [0.5, 0.6) is 0 Å². The van der Waals surface area contributed by atoms with Gasteiger partial charge in [-0.1, -0.05) is 0 Å². The molecule has 0 saturated carbocycles. The largest absolute Gasteiger partial charge is 0.756 e. The van der Waals surface area contributed by atoms with Gasteiger partial charge in [0, 0.05) is 6.72 Å². The summed E-state index contributed by atoms with van der Waals surface area (Å²) in [6.07, 6.45) is 0. The molecule has 0 aromatic rings. The second-order valence-electron chi connectivity index (χ2n) is 1.22. The van der Waals surface area contributed by atoms with Crippen LogP contribution in [-0.4, -0.2) is 24.8 Å². The molecular weight excluding hydrogens is 122 g/mol. The highest BCUT2D eigenvalue weighted by molar-refractivity contribution is 5.79. The summed E-state index contributed by atoms with van der Waals surface area (Å²) < 4.78 is 0. The number of hydrogen-bond acceptors (Lipinski definition) is 4. The van der Waals surface area contributed by atoms with Crippen LogP contribution in [0.3, 0.4) is 0 Å². The van der Waals surface area contributed by atoms with Crippen molar-refractivity contribution >= 4 is 12.7 Å². The third kappa shape index (κ3) is 2.50. The molecular formula is C3H8N5O-. The normalized spacial score (nSPS) is 10.7. The van der Waals surface area contributed by atoms with E-state index in [-0.39, 0.29) is 5.96 Å². The van der Waals surface area contributed by atoms with Gasteiger partial charge in [0.05, 0.1) is 0 Å². The van der Waals surface area contributed by atoms with Crippen LogP contribution < -0.4 is 11.3 Å². The SMILES string of the molecule is C=NN/C(=N\N)N(C)[O-]. The number of hydrogen-bond donors (Lipinski definition) is 2. The van der Waals surface area contributed by atoms with Gasteiger partial charge in [0.25, 0.3) is 0 Å². The Bertz CT molecular complexity index is 119. The lowest BCUT2D eigenvalue weighted by atomic mass is 10.9. The van der Waals surface area contributed by atoms with E-state index in [0.717, 1.165) is 0 Å². The molecule has 0 atom stereocenters. The highest BCUT2D eigenvalue weighted by Crippen LogP contribution is 1.75. The minimum absolute atomic E-state index is 0.0787. The molecule has 0 rings (SSSR count). The van der Waals surface area contributed by atoms with Crippen molar-refractivity contribution < 1.29 is 0 Å². The fraction of sp³-hybridized carbons (Fsp3) is 0.333. The third-order valence-electron chi connectivity index (χ3n) is 0.600. The Morgan fingerprint density at radius 3 is 2.56 bits per heavy atom. The number of hydroxylamine groups is 2. The summed E-state index contributed by atoms with van der Waals surface area (Å²) in [4.78, 5) is 0. The van der Waals surface area contributed by atoms with Gasteiger partial charge in [-0.3, -0.25) is 0 Å². The van der Waals surface area contributed by atoms with Crippen LogP contribution in [0.15, 0.2) is 10.2 Å². The van der Waals surface area contributed by atoms with Gasteiger partial charge in [0.1, 0.15) is 0 Å². The van der Waals surface area contributed by atoms with Crippen LogP contribution in [0.4, 0.5) is 0 Å². The second-order valence-corrected chi connectivity index (χ2v) is 1.22. The van der Waals surface area contributed by atoms with Crippen LogP contribution in [0.1, 0.15) is 0 Å². The molecule has 0 unspecified atom stereocenters. The van der Waals surface area contributed by atoms with Crippen molar-refractivity contribution in [2.45, 2.75) is 0 Å². The van der Waals surface area contributed by atoms with Gasteiger partial charge in [-0.2, -0.15) is 5.10 Å². The molecule has 9 heavy (non-hydrogen) atoms. The Labute approximate surface area is 52.6 Å². The van der Waals surface area contributed by atoms with Crippen molar-refractivity contribution in [3.8, 4) is 0 Å². The fourth-order valence-electron chi connectivity index (χ4n) is 0.251. The minimum Gasteiger partial charge on any atom is -0.756 e. The van der Waals surface area contributed by atoms with E-state index in [2.05, 4.69) is 22.3 Å². The molecule has 0 aromatic carbocycles. The quantitative estimate of drug-likeness (QED) is 0.203. The molecule has 0 saturated heterocycles. The van der Waals surface area contributed by atoms with E-state index in [1.54, 1.807) is 0 Å². The van der Waals surface area contributed by atoms with Crippen molar-refractivity contribution in [2.24, 2.45) is 16.0 Å². The lowest BCUT2D eigenvalue weighted by Gasteiger charge is -2.23. The molecule has 3 N–H and O–H groups in total. The van der Waals surface area contributed by atoms with Gasteiger partial charge >= 0.3 is 0 Å².